The van der Waals surface area contributed by atoms with E-state index in [0.29, 0.717) is 12.4 Å². The van der Waals surface area contributed by atoms with Crippen LogP contribution in [0.5, 0.6) is 0 Å². The van der Waals surface area contributed by atoms with Gasteiger partial charge in [-0.05, 0) is 6.92 Å². The first-order chi connectivity index (χ1) is 4.84. The van der Waals surface area contributed by atoms with Crippen molar-refractivity contribution in [3.63, 3.8) is 0 Å². The van der Waals surface area contributed by atoms with E-state index in [1.807, 2.05) is 6.92 Å². The molecule has 0 saturated carbocycles. The normalized spacial score (nSPS) is 13.4. The molecule has 0 amide bonds. The number of H-pyrrole nitrogens is 1. The highest BCUT2D eigenvalue weighted by atomic mass is 16.5. The highest BCUT2D eigenvalue weighted by molar-refractivity contribution is 4.89. The minimum atomic E-state index is -0.417. The maximum atomic E-state index is 5.53. The number of nitrogens with zero attached hydrogens (tertiary/aromatic N) is 1. The van der Waals surface area contributed by atoms with Gasteiger partial charge in [0.1, 0.15) is 5.82 Å². The summed E-state index contributed by atoms with van der Waals surface area (Å²) in [5.41, 5.74) is 5.53. The Labute approximate surface area is 59.4 Å². The number of ether oxygens (including phenoxy) is 1. The Morgan fingerprint density at radius 3 is 3.20 bits per heavy atom. The lowest BCUT2D eigenvalue weighted by Gasteiger charge is -2.06. The van der Waals surface area contributed by atoms with E-state index in [0.717, 1.165) is 0 Å². The largest absolute Gasteiger partial charge is 0.356 e. The zero-order chi connectivity index (χ0) is 7.40. The number of imidazole rings is 1. The van der Waals surface area contributed by atoms with Crippen LogP contribution < -0.4 is 5.73 Å². The van der Waals surface area contributed by atoms with Crippen LogP contribution in [0.2, 0.25) is 0 Å². The van der Waals surface area contributed by atoms with E-state index >= 15 is 0 Å². The molecule has 4 heteroatoms. The Kier molecular flexibility index (Phi) is 2.42. The number of hydrogen-bond donors (Lipinski definition) is 2. The van der Waals surface area contributed by atoms with Crippen LogP contribution in [0.4, 0.5) is 0 Å². The maximum Gasteiger partial charge on any atom is 0.164 e. The van der Waals surface area contributed by atoms with Gasteiger partial charge < -0.3 is 9.72 Å². The molecule has 0 aliphatic heterocycles. The van der Waals surface area contributed by atoms with Crippen molar-refractivity contribution in [1.82, 2.24) is 9.97 Å². The summed E-state index contributed by atoms with van der Waals surface area (Å²) in [6, 6.07) is 0. The Morgan fingerprint density at radius 2 is 2.70 bits per heavy atom. The van der Waals surface area contributed by atoms with Gasteiger partial charge in [0.2, 0.25) is 0 Å². The Morgan fingerprint density at radius 1 is 1.90 bits per heavy atom. The highest BCUT2D eigenvalue weighted by Gasteiger charge is 2.05. The quantitative estimate of drug-likeness (QED) is 0.599. The Hall–Kier alpha value is -0.870. The summed E-state index contributed by atoms with van der Waals surface area (Å²) in [5.74, 6) is 0.668. The van der Waals surface area contributed by atoms with E-state index in [9.17, 15) is 0 Å². The molecule has 0 aliphatic rings. The molecule has 0 saturated heterocycles. The fourth-order valence-electron chi connectivity index (χ4n) is 0.692. The standard InChI is InChI=1S/C6H11N3O/c1-2-10-5(7)6-8-3-4-9-6/h3-5H,2,7H2,1H3,(H,8,9)/t5-/m1/s1. The lowest BCUT2D eigenvalue weighted by Crippen LogP contribution is -2.15. The van der Waals surface area contributed by atoms with Crippen molar-refractivity contribution in [2.45, 2.75) is 13.2 Å². The number of hydrogen-bond acceptors (Lipinski definition) is 3. The van der Waals surface area contributed by atoms with Gasteiger partial charge in [0.25, 0.3) is 0 Å². The van der Waals surface area contributed by atoms with Crippen molar-refractivity contribution in [1.29, 1.82) is 0 Å². The van der Waals surface area contributed by atoms with Crippen LogP contribution in [0.25, 0.3) is 0 Å². The summed E-state index contributed by atoms with van der Waals surface area (Å²) >= 11 is 0. The molecule has 1 aromatic rings. The molecule has 1 heterocycles. The highest BCUT2D eigenvalue weighted by Crippen LogP contribution is 2.03. The van der Waals surface area contributed by atoms with Crippen LogP contribution in [0.1, 0.15) is 19.0 Å². The van der Waals surface area contributed by atoms with Gasteiger partial charge in [-0.2, -0.15) is 0 Å². The number of rotatable bonds is 3. The predicted molar refractivity (Wildman–Crippen MR) is 37.1 cm³/mol. The van der Waals surface area contributed by atoms with Crippen molar-refractivity contribution in [2.24, 2.45) is 5.73 Å². The summed E-state index contributed by atoms with van der Waals surface area (Å²) in [5, 5.41) is 0. The number of nitrogens with one attached hydrogen (secondary N) is 1. The van der Waals surface area contributed by atoms with Crippen LogP contribution in [-0.2, 0) is 4.74 Å². The van der Waals surface area contributed by atoms with Crippen LogP contribution in [0.15, 0.2) is 12.4 Å². The summed E-state index contributed by atoms with van der Waals surface area (Å²) < 4.78 is 5.07. The minimum absolute atomic E-state index is 0.417. The maximum absolute atomic E-state index is 5.53. The first kappa shape index (κ1) is 7.24. The second-order valence-corrected chi connectivity index (χ2v) is 1.85. The monoisotopic (exact) mass is 141 g/mol. The van der Waals surface area contributed by atoms with Gasteiger partial charge in [0.15, 0.2) is 6.23 Å². The SMILES string of the molecule is CCO[C@@H](N)c1ncc[nH]1. The molecule has 0 bridgehead atoms. The fraction of sp³-hybridized carbons (Fsp3) is 0.500. The molecule has 1 aromatic heterocycles. The lowest BCUT2D eigenvalue weighted by atomic mass is 10.5. The smallest absolute Gasteiger partial charge is 0.164 e. The topological polar surface area (TPSA) is 63.9 Å². The number of nitrogens with two attached hydrogens (primary N) is 1. The lowest BCUT2D eigenvalue weighted by molar-refractivity contribution is 0.0617. The van der Waals surface area contributed by atoms with Crippen molar-refractivity contribution < 1.29 is 4.74 Å². The van der Waals surface area contributed by atoms with Gasteiger partial charge in [-0.15, -0.1) is 0 Å². The van der Waals surface area contributed by atoms with Gasteiger partial charge in [0.05, 0.1) is 0 Å². The fourth-order valence-corrected chi connectivity index (χ4v) is 0.692. The van der Waals surface area contributed by atoms with Crippen LogP contribution in [0, 0.1) is 0 Å². The molecule has 0 aromatic carbocycles. The third-order valence-corrected chi connectivity index (χ3v) is 1.14. The van der Waals surface area contributed by atoms with Gasteiger partial charge >= 0.3 is 0 Å². The average Bonchev–Trinajstić information content (AvgIpc) is 2.38. The van der Waals surface area contributed by atoms with E-state index < -0.39 is 6.23 Å². The van der Waals surface area contributed by atoms with Gasteiger partial charge in [-0.3, -0.25) is 5.73 Å². The van der Waals surface area contributed by atoms with E-state index in [1.165, 1.54) is 0 Å². The summed E-state index contributed by atoms with van der Waals surface area (Å²) in [6.07, 6.45) is 2.95. The van der Waals surface area contributed by atoms with E-state index in [2.05, 4.69) is 9.97 Å². The molecule has 1 rings (SSSR count). The van der Waals surface area contributed by atoms with Crippen molar-refractivity contribution in [3.05, 3.63) is 18.2 Å². The van der Waals surface area contributed by atoms with Gasteiger partial charge in [-0.25, -0.2) is 4.98 Å². The van der Waals surface area contributed by atoms with Crippen LogP contribution in [0.3, 0.4) is 0 Å². The van der Waals surface area contributed by atoms with Gasteiger partial charge in [-0.1, -0.05) is 0 Å². The average molecular weight is 141 g/mol. The third-order valence-electron chi connectivity index (χ3n) is 1.14. The first-order valence-corrected chi connectivity index (χ1v) is 3.21. The molecule has 10 heavy (non-hydrogen) atoms. The molecular formula is C6H11N3O. The number of aromatic amines is 1. The summed E-state index contributed by atoms with van der Waals surface area (Å²) in [4.78, 5) is 6.79. The van der Waals surface area contributed by atoms with E-state index in [-0.39, 0.29) is 0 Å². The minimum Gasteiger partial charge on any atom is -0.356 e. The first-order valence-electron chi connectivity index (χ1n) is 3.21. The molecule has 0 fully saturated rings. The molecule has 0 radical (unpaired) electrons. The summed E-state index contributed by atoms with van der Waals surface area (Å²) in [6.45, 7) is 2.49. The Balaban J connectivity index is 2.50. The second kappa shape index (κ2) is 3.34. The third kappa shape index (κ3) is 1.55. The zero-order valence-electron chi connectivity index (χ0n) is 5.87. The molecule has 0 unspecified atom stereocenters. The molecule has 1 atom stereocenters. The summed E-state index contributed by atoms with van der Waals surface area (Å²) in [7, 11) is 0. The predicted octanol–water partition coefficient (Wildman–Crippen LogP) is 0.404. The van der Waals surface area contributed by atoms with Crippen molar-refractivity contribution in [2.75, 3.05) is 6.61 Å². The van der Waals surface area contributed by atoms with E-state index in [1.54, 1.807) is 12.4 Å². The molecule has 0 spiro atoms. The molecule has 56 valence electrons. The zero-order valence-corrected chi connectivity index (χ0v) is 5.87. The van der Waals surface area contributed by atoms with Crippen LogP contribution in [-0.4, -0.2) is 16.6 Å². The van der Waals surface area contributed by atoms with Crippen LogP contribution >= 0.6 is 0 Å². The second-order valence-electron chi connectivity index (χ2n) is 1.85. The Bertz CT molecular complexity index is 173. The molecular weight excluding hydrogens is 130 g/mol. The molecule has 0 aliphatic carbocycles. The van der Waals surface area contributed by atoms with Crippen molar-refractivity contribution >= 4 is 0 Å². The number of aromatic nitrogens is 2. The van der Waals surface area contributed by atoms with Crippen molar-refractivity contribution in [3.8, 4) is 0 Å². The van der Waals surface area contributed by atoms with Gasteiger partial charge in [0, 0.05) is 19.0 Å². The molecule has 3 N–H and O–H groups in total. The van der Waals surface area contributed by atoms with E-state index in [4.69, 9.17) is 10.5 Å². The molecule has 4 nitrogen and oxygen atoms in total.